The highest BCUT2D eigenvalue weighted by atomic mass is 19.4. The zero-order valence-corrected chi connectivity index (χ0v) is 20.8. The van der Waals surface area contributed by atoms with E-state index in [0.717, 1.165) is 10.6 Å². The van der Waals surface area contributed by atoms with Gasteiger partial charge in [-0.15, -0.1) is 0 Å². The first-order chi connectivity index (χ1) is 17.8. The lowest BCUT2D eigenvalue weighted by atomic mass is 10.2. The van der Waals surface area contributed by atoms with Gasteiger partial charge >= 0.3 is 12.3 Å². The van der Waals surface area contributed by atoms with Crippen molar-refractivity contribution in [2.24, 2.45) is 0 Å². The van der Waals surface area contributed by atoms with Crippen molar-refractivity contribution < 1.29 is 31.9 Å². The maximum Gasteiger partial charge on any atom is 0.433 e. The number of piperazine rings is 1. The number of rotatable bonds is 4. The van der Waals surface area contributed by atoms with Gasteiger partial charge in [-0.25, -0.2) is 24.1 Å². The molecule has 2 aromatic heterocycles. The molecule has 10 nitrogen and oxygen atoms in total. The molecule has 0 unspecified atom stereocenters. The van der Waals surface area contributed by atoms with Crippen LogP contribution in [-0.4, -0.2) is 68.2 Å². The van der Waals surface area contributed by atoms with Crippen LogP contribution in [0.3, 0.4) is 0 Å². The predicted molar refractivity (Wildman–Crippen MR) is 129 cm³/mol. The lowest BCUT2D eigenvalue weighted by molar-refractivity contribution is -0.141. The van der Waals surface area contributed by atoms with Crippen LogP contribution >= 0.6 is 0 Å². The number of nitrogens with zero attached hydrogens (tertiary/aromatic N) is 6. The summed E-state index contributed by atoms with van der Waals surface area (Å²) in [6, 6.07) is 4.32. The molecule has 1 fully saturated rings. The second-order valence-corrected chi connectivity index (χ2v) is 9.51. The molecule has 1 aliphatic rings. The first kappa shape index (κ1) is 26.8. The van der Waals surface area contributed by atoms with Crippen LogP contribution in [0.25, 0.3) is 5.95 Å². The van der Waals surface area contributed by atoms with E-state index in [1.54, 1.807) is 25.7 Å². The van der Waals surface area contributed by atoms with E-state index in [9.17, 15) is 27.2 Å². The van der Waals surface area contributed by atoms with E-state index in [1.807, 2.05) is 4.90 Å². The van der Waals surface area contributed by atoms with Gasteiger partial charge in [0.15, 0.2) is 5.69 Å². The molecule has 38 heavy (non-hydrogen) atoms. The van der Waals surface area contributed by atoms with E-state index in [0.29, 0.717) is 37.9 Å². The number of halogens is 4. The summed E-state index contributed by atoms with van der Waals surface area (Å²) in [6.45, 7) is 6.75. The number of imidazole rings is 1. The number of hydrogen-bond donors (Lipinski definition) is 1. The average molecular weight is 536 g/mol. The molecule has 1 aromatic carbocycles. The number of nitrogens with one attached hydrogen (secondary N) is 1. The van der Waals surface area contributed by atoms with Crippen LogP contribution in [0.2, 0.25) is 0 Å². The molecule has 0 bridgehead atoms. The summed E-state index contributed by atoms with van der Waals surface area (Å²) in [6.07, 6.45) is -1.43. The quantitative estimate of drug-likeness (QED) is 0.501. The summed E-state index contributed by atoms with van der Waals surface area (Å²) in [5.41, 5.74) is -2.05. The highest BCUT2D eigenvalue weighted by Gasteiger charge is 2.34. The summed E-state index contributed by atoms with van der Waals surface area (Å²) in [4.78, 5) is 39.7. The molecule has 2 amide bonds. The molecule has 0 spiro atoms. The number of aromatic nitrogens is 4. The monoisotopic (exact) mass is 535 g/mol. The lowest BCUT2D eigenvalue weighted by Gasteiger charge is -2.36. The van der Waals surface area contributed by atoms with Crippen LogP contribution in [0.15, 0.2) is 43.0 Å². The third kappa shape index (κ3) is 6.55. The molecule has 3 aromatic rings. The SMILES string of the molecule is CC(C)(C)OC(=O)N1CCN(c2cc(F)cc(NC(=O)c3cc(C(F)(F)F)nc(-n4ccnc4)n3)c2)CC1. The topological polar surface area (TPSA) is 105 Å². The minimum Gasteiger partial charge on any atom is -0.444 e. The van der Waals surface area contributed by atoms with E-state index < -0.39 is 46.9 Å². The van der Waals surface area contributed by atoms with Crippen LogP contribution in [0.4, 0.5) is 33.7 Å². The van der Waals surface area contributed by atoms with Gasteiger partial charge < -0.3 is 19.9 Å². The maximum atomic E-state index is 14.4. The van der Waals surface area contributed by atoms with E-state index in [1.165, 1.54) is 30.9 Å². The number of amides is 2. The van der Waals surface area contributed by atoms with Crippen molar-refractivity contribution in [2.45, 2.75) is 32.5 Å². The molecule has 202 valence electrons. The van der Waals surface area contributed by atoms with Gasteiger partial charge in [0, 0.05) is 56.0 Å². The third-order valence-electron chi connectivity index (χ3n) is 5.41. The normalized spacial score (nSPS) is 14.4. The van der Waals surface area contributed by atoms with Crippen molar-refractivity contribution in [3.8, 4) is 5.95 Å². The van der Waals surface area contributed by atoms with Crippen molar-refractivity contribution in [3.63, 3.8) is 0 Å². The molecule has 0 saturated carbocycles. The Morgan fingerprint density at radius 2 is 1.71 bits per heavy atom. The van der Waals surface area contributed by atoms with E-state index in [4.69, 9.17) is 4.74 Å². The Hall–Kier alpha value is -4.23. The van der Waals surface area contributed by atoms with Crippen LogP contribution < -0.4 is 10.2 Å². The Bertz CT molecular complexity index is 1320. The zero-order chi connectivity index (χ0) is 27.7. The zero-order valence-electron chi connectivity index (χ0n) is 20.8. The molecule has 0 radical (unpaired) electrons. The van der Waals surface area contributed by atoms with Gasteiger partial charge in [0.2, 0.25) is 5.95 Å². The van der Waals surface area contributed by atoms with Crippen LogP contribution in [0.1, 0.15) is 37.0 Å². The maximum absolute atomic E-state index is 14.4. The number of hydrogen-bond acceptors (Lipinski definition) is 7. The molecule has 0 aliphatic carbocycles. The van der Waals surface area contributed by atoms with Crippen LogP contribution in [-0.2, 0) is 10.9 Å². The Morgan fingerprint density at radius 1 is 1.00 bits per heavy atom. The largest absolute Gasteiger partial charge is 0.444 e. The fourth-order valence-corrected chi connectivity index (χ4v) is 3.69. The van der Waals surface area contributed by atoms with Crippen molar-refractivity contribution in [1.29, 1.82) is 0 Å². The highest BCUT2D eigenvalue weighted by molar-refractivity contribution is 6.03. The van der Waals surface area contributed by atoms with Crippen molar-refractivity contribution in [2.75, 3.05) is 36.4 Å². The van der Waals surface area contributed by atoms with E-state index >= 15 is 0 Å². The smallest absolute Gasteiger partial charge is 0.433 e. The fourth-order valence-electron chi connectivity index (χ4n) is 3.69. The second-order valence-electron chi connectivity index (χ2n) is 9.51. The minimum atomic E-state index is -4.83. The standard InChI is InChI=1S/C24H25F4N7O3/c1-23(2,3)38-22(37)34-8-6-33(7-9-34)17-11-15(25)10-16(12-17)30-20(36)18-13-19(24(26,27)28)32-21(31-18)35-5-4-29-14-35/h4-5,10-14H,6-9H2,1-3H3,(H,30,36). The molecule has 0 atom stereocenters. The first-order valence-electron chi connectivity index (χ1n) is 11.6. The molecule has 1 aliphatic heterocycles. The predicted octanol–water partition coefficient (Wildman–Crippen LogP) is 4.13. The molecule has 1 saturated heterocycles. The summed E-state index contributed by atoms with van der Waals surface area (Å²) < 4.78 is 61.2. The van der Waals surface area contributed by atoms with Gasteiger partial charge in [-0.2, -0.15) is 13.2 Å². The third-order valence-corrected chi connectivity index (χ3v) is 5.41. The molecule has 3 heterocycles. The Balaban J connectivity index is 1.51. The average Bonchev–Trinajstić information content (AvgIpc) is 3.37. The Kier molecular flexibility index (Phi) is 7.24. The number of carbonyl (C=O) groups excluding carboxylic acids is 2. The molecule has 4 rings (SSSR count). The Labute approximate surface area is 215 Å². The van der Waals surface area contributed by atoms with Crippen molar-refractivity contribution >= 4 is 23.4 Å². The summed E-state index contributed by atoms with van der Waals surface area (Å²) in [5, 5.41) is 2.41. The van der Waals surface area contributed by atoms with Crippen molar-refractivity contribution in [3.05, 3.63) is 60.2 Å². The number of carbonyl (C=O) groups is 2. The van der Waals surface area contributed by atoms with E-state index in [2.05, 4.69) is 20.3 Å². The second kappa shape index (κ2) is 10.3. The van der Waals surface area contributed by atoms with Crippen molar-refractivity contribution in [1.82, 2.24) is 24.4 Å². The summed E-state index contributed by atoms with van der Waals surface area (Å²) in [7, 11) is 0. The molecule has 1 N–H and O–H groups in total. The van der Waals surface area contributed by atoms with Crippen LogP contribution in [0.5, 0.6) is 0 Å². The number of anilines is 2. The van der Waals surface area contributed by atoms with Gasteiger partial charge in [-0.05, 0) is 39.0 Å². The highest BCUT2D eigenvalue weighted by Crippen LogP contribution is 2.29. The van der Waals surface area contributed by atoms with Gasteiger partial charge in [-0.1, -0.05) is 0 Å². The van der Waals surface area contributed by atoms with E-state index in [-0.39, 0.29) is 5.69 Å². The number of benzene rings is 1. The van der Waals surface area contributed by atoms with Gasteiger partial charge in [-0.3, -0.25) is 9.36 Å². The molecular formula is C24H25F4N7O3. The minimum absolute atomic E-state index is 0.0240. The number of alkyl halides is 3. The van der Waals surface area contributed by atoms with Gasteiger partial charge in [0.05, 0.1) is 0 Å². The Morgan fingerprint density at radius 3 is 2.32 bits per heavy atom. The fraction of sp³-hybridized carbons (Fsp3) is 0.375. The van der Waals surface area contributed by atoms with Crippen LogP contribution in [0, 0.1) is 5.82 Å². The number of ether oxygens (including phenoxy) is 1. The summed E-state index contributed by atoms with van der Waals surface area (Å²) in [5.74, 6) is -2.04. The summed E-state index contributed by atoms with van der Waals surface area (Å²) >= 11 is 0. The molecule has 14 heteroatoms. The molecular weight excluding hydrogens is 510 g/mol. The van der Waals surface area contributed by atoms with Gasteiger partial charge in [0.25, 0.3) is 5.91 Å². The lowest BCUT2D eigenvalue weighted by Crippen LogP contribution is -2.50. The van der Waals surface area contributed by atoms with Gasteiger partial charge in [0.1, 0.15) is 23.4 Å². The first-order valence-corrected chi connectivity index (χ1v) is 11.6.